The number of para-hydroxylation sites is 1. The second-order valence-corrected chi connectivity index (χ2v) is 4.46. The second-order valence-electron chi connectivity index (χ2n) is 4.05. The highest BCUT2D eigenvalue weighted by Gasteiger charge is 2.12. The van der Waals surface area contributed by atoms with Crippen molar-refractivity contribution >= 4 is 23.3 Å². The van der Waals surface area contributed by atoms with E-state index >= 15 is 0 Å². The van der Waals surface area contributed by atoms with E-state index in [9.17, 15) is 4.79 Å². The Kier molecular flexibility index (Phi) is 8.77. The molecule has 0 atom stereocenters. The highest BCUT2D eigenvalue weighted by atomic mass is 35.5. The van der Waals surface area contributed by atoms with E-state index < -0.39 is 5.97 Å². The molecule has 0 aliphatic rings. The molecule has 1 aromatic rings. The van der Waals surface area contributed by atoms with E-state index in [1.807, 2.05) is 0 Å². The highest BCUT2D eigenvalue weighted by molar-refractivity contribution is 6.33. The van der Waals surface area contributed by atoms with Gasteiger partial charge < -0.3 is 24.7 Å². The van der Waals surface area contributed by atoms with Gasteiger partial charge in [-0.3, -0.25) is 0 Å². The maximum Gasteiger partial charge on any atom is 0.340 e. The molecule has 0 saturated carbocycles. The first-order valence-corrected chi connectivity index (χ1v) is 6.90. The van der Waals surface area contributed by atoms with Gasteiger partial charge in [-0.2, -0.15) is 0 Å². The predicted octanol–water partition coefficient (Wildman–Crippen LogP) is 1.76. The maximum absolute atomic E-state index is 11.8. The molecule has 0 bridgehead atoms. The van der Waals surface area contributed by atoms with Crippen LogP contribution in [0.25, 0.3) is 0 Å². The quantitative estimate of drug-likeness (QED) is 0.402. The summed E-state index contributed by atoms with van der Waals surface area (Å²) < 4.78 is 20.3. The Morgan fingerprint density at radius 3 is 2.38 bits per heavy atom. The van der Waals surface area contributed by atoms with Crippen LogP contribution >= 0.6 is 11.6 Å². The summed E-state index contributed by atoms with van der Waals surface area (Å²) in [7, 11) is 1.61. The van der Waals surface area contributed by atoms with Crippen LogP contribution in [0.4, 0.5) is 5.69 Å². The fourth-order valence-corrected chi connectivity index (χ4v) is 1.62. The van der Waals surface area contributed by atoms with Gasteiger partial charge in [0.15, 0.2) is 0 Å². The molecule has 118 valence electrons. The average molecular weight is 318 g/mol. The minimum atomic E-state index is -0.519. The lowest BCUT2D eigenvalue weighted by atomic mass is 10.2. The first-order valence-electron chi connectivity index (χ1n) is 6.52. The van der Waals surface area contributed by atoms with Gasteiger partial charge in [0.25, 0.3) is 0 Å². The van der Waals surface area contributed by atoms with Crippen molar-refractivity contribution in [1.29, 1.82) is 0 Å². The van der Waals surface area contributed by atoms with Crippen LogP contribution in [-0.2, 0) is 18.9 Å². The summed E-state index contributed by atoms with van der Waals surface area (Å²) in [5.74, 6) is -0.519. The summed E-state index contributed by atoms with van der Waals surface area (Å²) in [5, 5.41) is 0.328. The number of hydrogen-bond donors (Lipinski definition) is 1. The molecular weight excluding hydrogens is 298 g/mol. The van der Waals surface area contributed by atoms with Crippen LogP contribution in [0.5, 0.6) is 0 Å². The van der Waals surface area contributed by atoms with Crippen molar-refractivity contribution in [3.63, 3.8) is 0 Å². The van der Waals surface area contributed by atoms with Crippen molar-refractivity contribution in [2.75, 3.05) is 52.5 Å². The normalized spacial score (nSPS) is 10.6. The van der Waals surface area contributed by atoms with E-state index in [-0.39, 0.29) is 17.9 Å². The van der Waals surface area contributed by atoms with Crippen LogP contribution in [0.1, 0.15) is 10.4 Å². The molecule has 0 saturated heterocycles. The topological polar surface area (TPSA) is 80.0 Å². The number of ether oxygens (including phenoxy) is 4. The molecule has 0 unspecified atom stereocenters. The fourth-order valence-electron chi connectivity index (χ4n) is 1.45. The SMILES string of the molecule is COCCOCCOCCOC(=O)c1cccc(Cl)c1N. The Morgan fingerprint density at radius 1 is 1.10 bits per heavy atom. The molecule has 2 N–H and O–H groups in total. The Bertz CT molecular complexity index is 441. The van der Waals surface area contributed by atoms with Crippen LogP contribution in [-0.4, -0.2) is 52.7 Å². The van der Waals surface area contributed by atoms with Crippen LogP contribution in [0, 0.1) is 0 Å². The molecule has 21 heavy (non-hydrogen) atoms. The number of carbonyl (C=O) groups is 1. The van der Waals surface area contributed by atoms with Gasteiger partial charge in [-0.05, 0) is 12.1 Å². The number of benzene rings is 1. The minimum absolute atomic E-state index is 0.142. The molecule has 7 heteroatoms. The van der Waals surface area contributed by atoms with Crippen LogP contribution in [0.15, 0.2) is 18.2 Å². The van der Waals surface area contributed by atoms with Crippen LogP contribution < -0.4 is 5.73 Å². The molecule has 6 nitrogen and oxygen atoms in total. The number of methoxy groups -OCH3 is 1. The van der Waals surface area contributed by atoms with Crippen LogP contribution in [0.3, 0.4) is 0 Å². The van der Waals surface area contributed by atoms with Crippen molar-refractivity contribution < 1.29 is 23.7 Å². The van der Waals surface area contributed by atoms with Gasteiger partial charge in [0.05, 0.1) is 49.3 Å². The lowest BCUT2D eigenvalue weighted by molar-refractivity contribution is 0.00574. The predicted molar refractivity (Wildman–Crippen MR) is 79.7 cm³/mol. The van der Waals surface area contributed by atoms with Gasteiger partial charge in [0, 0.05) is 7.11 Å². The lowest BCUT2D eigenvalue weighted by Gasteiger charge is -2.08. The third-order valence-corrected chi connectivity index (χ3v) is 2.87. The molecule has 1 aromatic carbocycles. The van der Waals surface area contributed by atoms with Gasteiger partial charge >= 0.3 is 5.97 Å². The van der Waals surface area contributed by atoms with E-state index in [1.165, 1.54) is 0 Å². The molecule has 0 radical (unpaired) electrons. The number of halogens is 1. The Morgan fingerprint density at radius 2 is 1.71 bits per heavy atom. The Hall–Kier alpha value is -1.34. The number of anilines is 1. The molecule has 0 heterocycles. The van der Waals surface area contributed by atoms with E-state index in [2.05, 4.69) is 0 Å². The van der Waals surface area contributed by atoms with Gasteiger partial charge in [-0.15, -0.1) is 0 Å². The lowest BCUT2D eigenvalue weighted by Crippen LogP contribution is -2.14. The standard InChI is InChI=1S/C14H20ClNO5/c1-18-5-6-19-7-8-20-9-10-21-14(17)11-3-2-4-12(15)13(11)16/h2-4H,5-10,16H2,1H3. The minimum Gasteiger partial charge on any atom is -0.460 e. The zero-order valence-corrected chi connectivity index (χ0v) is 12.7. The number of carbonyl (C=O) groups excluding carboxylic acids is 1. The molecular formula is C14H20ClNO5. The Balaban J connectivity index is 2.13. The van der Waals surface area contributed by atoms with Crippen molar-refractivity contribution in [2.24, 2.45) is 0 Å². The van der Waals surface area contributed by atoms with E-state index in [4.69, 9.17) is 36.3 Å². The van der Waals surface area contributed by atoms with Crippen molar-refractivity contribution in [3.8, 4) is 0 Å². The summed E-state index contributed by atoms with van der Waals surface area (Å²) in [6.07, 6.45) is 0. The monoisotopic (exact) mass is 317 g/mol. The number of esters is 1. The summed E-state index contributed by atoms with van der Waals surface area (Å²) in [4.78, 5) is 11.8. The van der Waals surface area contributed by atoms with Crippen LogP contribution in [0.2, 0.25) is 5.02 Å². The number of hydrogen-bond acceptors (Lipinski definition) is 6. The van der Waals surface area contributed by atoms with Crippen molar-refractivity contribution in [2.45, 2.75) is 0 Å². The summed E-state index contributed by atoms with van der Waals surface area (Å²) in [6, 6.07) is 4.82. The molecule has 1 rings (SSSR count). The van der Waals surface area contributed by atoms with Gasteiger partial charge in [0.2, 0.25) is 0 Å². The summed E-state index contributed by atoms with van der Waals surface area (Å²) >= 11 is 5.83. The smallest absolute Gasteiger partial charge is 0.340 e. The molecule has 0 aliphatic carbocycles. The van der Waals surface area contributed by atoms with Gasteiger partial charge in [-0.25, -0.2) is 4.79 Å². The first kappa shape index (κ1) is 17.7. The molecule has 0 amide bonds. The Labute approximate surface area is 129 Å². The van der Waals surface area contributed by atoms with E-state index in [0.29, 0.717) is 38.1 Å². The van der Waals surface area contributed by atoms with Gasteiger partial charge in [0.1, 0.15) is 6.61 Å². The van der Waals surface area contributed by atoms with Crippen molar-refractivity contribution in [3.05, 3.63) is 28.8 Å². The first-order chi connectivity index (χ1) is 10.2. The summed E-state index contributed by atoms with van der Waals surface area (Å²) in [6.45, 7) is 2.42. The van der Waals surface area contributed by atoms with E-state index in [0.717, 1.165) is 0 Å². The zero-order chi connectivity index (χ0) is 15.5. The summed E-state index contributed by atoms with van der Waals surface area (Å²) in [5.41, 5.74) is 6.18. The molecule has 0 spiro atoms. The number of rotatable bonds is 10. The molecule has 0 fully saturated rings. The largest absolute Gasteiger partial charge is 0.460 e. The molecule has 0 aromatic heterocycles. The second kappa shape index (κ2) is 10.4. The fraction of sp³-hybridized carbons (Fsp3) is 0.500. The third-order valence-electron chi connectivity index (χ3n) is 2.54. The molecule has 0 aliphatic heterocycles. The number of nitrogens with two attached hydrogens (primary N) is 1. The van der Waals surface area contributed by atoms with Gasteiger partial charge in [-0.1, -0.05) is 17.7 Å². The third kappa shape index (κ3) is 6.77. The van der Waals surface area contributed by atoms with E-state index in [1.54, 1.807) is 25.3 Å². The van der Waals surface area contributed by atoms with Crippen molar-refractivity contribution in [1.82, 2.24) is 0 Å². The zero-order valence-electron chi connectivity index (χ0n) is 12.0. The maximum atomic E-state index is 11.8. The number of nitrogen functional groups attached to an aromatic ring is 1. The highest BCUT2D eigenvalue weighted by Crippen LogP contribution is 2.22. The average Bonchev–Trinajstić information content (AvgIpc) is 2.48.